The van der Waals surface area contributed by atoms with Crippen LogP contribution in [0.15, 0.2) is 0 Å². The Morgan fingerprint density at radius 1 is 1.28 bits per heavy atom. The second-order valence-electron chi connectivity index (χ2n) is 4.21. The van der Waals surface area contributed by atoms with E-state index in [0.717, 1.165) is 59.0 Å². The van der Waals surface area contributed by atoms with E-state index in [4.69, 9.17) is 9.47 Å². The summed E-state index contributed by atoms with van der Waals surface area (Å²) in [6.45, 7) is 15.9. The van der Waals surface area contributed by atoms with Crippen LogP contribution in [-0.4, -0.2) is 63.5 Å². The first-order chi connectivity index (χ1) is 8.86. The van der Waals surface area contributed by atoms with Crippen molar-refractivity contribution >= 4 is 0 Å². The minimum Gasteiger partial charge on any atom is -0.380 e. The van der Waals surface area contributed by atoms with Gasteiger partial charge < -0.3 is 14.8 Å². The van der Waals surface area contributed by atoms with Crippen molar-refractivity contribution in [1.82, 2.24) is 10.2 Å². The summed E-state index contributed by atoms with van der Waals surface area (Å²) in [5.74, 6) is 0. The largest absolute Gasteiger partial charge is 0.380 e. The lowest BCUT2D eigenvalue weighted by Crippen LogP contribution is -2.47. The first-order valence-corrected chi connectivity index (χ1v) is 7.49. The smallest absolute Gasteiger partial charge is 0.0826 e. The van der Waals surface area contributed by atoms with Crippen molar-refractivity contribution in [1.29, 1.82) is 0 Å². The molecular formula is C14H32N2O2. The summed E-state index contributed by atoms with van der Waals surface area (Å²) >= 11 is 0. The molecule has 0 amide bonds. The molecular weight excluding hydrogens is 228 g/mol. The molecule has 0 aromatic carbocycles. The van der Waals surface area contributed by atoms with E-state index >= 15 is 0 Å². The molecule has 0 aromatic heterocycles. The zero-order chi connectivity index (χ0) is 13.6. The lowest BCUT2D eigenvalue weighted by atomic mass is 10.2. The normalized spacial score (nSPS) is 20.3. The van der Waals surface area contributed by atoms with Crippen LogP contribution in [0.1, 0.15) is 34.1 Å². The van der Waals surface area contributed by atoms with Crippen molar-refractivity contribution in [3.05, 3.63) is 0 Å². The maximum absolute atomic E-state index is 5.69. The SMILES string of the molecule is CC.CCCOCCN1CCOC(CNCC)C1. The van der Waals surface area contributed by atoms with Crippen molar-refractivity contribution in [2.75, 3.05) is 52.5 Å². The average molecular weight is 260 g/mol. The number of morpholine rings is 1. The highest BCUT2D eigenvalue weighted by molar-refractivity contribution is 4.72. The maximum Gasteiger partial charge on any atom is 0.0826 e. The van der Waals surface area contributed by atoms with E-state index in [9.17, 15) is 0 Å². The topological polar surface area (TPSA) is 33.7 Å². The molecule has 0 aliphatic carbocycles. The van der Waals surface area contributed by atoms with Crippen LogP contribution >= 0.6 is 0 Å². The van der Waals surface area contributed by atoms with Crippen molar-refractivity contribution in [3.8, 4) is 0 Å². The highest BCUT2D eigenvalue weighted by Crippen LogP contribution is 2.04. The molecule has 0 spiro atoms. The second kappa shape index (κ2) is 13.3. The zero-order valence-electron chi connectivity index (χ0n) is 12.7. The molecule has 18 heavy (non-hydrogen) atoms. The van der Waals surface area contributed by atoms with Crippen LogP contribution in [0.2, 0.25) is 0 Å². The second-order valence-corrected chi connectivity index (χ2v) is 4.21. The highest BCUT2D eigenvalue weighted by Gasteiger charge is 2.19. The summed E-state index contributed by atoms with van der Waals surface area (Å²) in [5.41, 5.74) is 0. The number of nitrogens with zero attached hydrogens (tertiary/aromatic N) is 1. The molecule has 1 heterocycles. The van der Waals surface area contributed by atoms with Crippen LogP contribution in [0.4, 0.5) is 0 Å². The number of hydrogen-bond acceptors (Lipinski definition) is 4. The molecule has 110 valence electrons. The Kier molecular flexibility index (Phi) is 13.2. The average Bonchev–Trinajstić information content (AvgIpc) is 2.44. The number of ether oxygens (including phenoxy) is 2. The van der Waals surface area contributed by atoms with Gasteiger partial charge in [-0.2, -0.15) is 0 Å². The van der Waals surface area contributed by atoms with Gasteiger partial charge in [-0.15, -0.1) is 0 Å². The minimum atomic E-state index is 0.347. The lowest BCUT2D eigenvalue weighted by molar-refractivity contribution is -0.0346. The van der Waals surface area contributed by atoms with Crippen molar-refractivity contribution < 1.29 is 9.47 Å². The molecule has 1 aliphatic rings. The molecule has 1 N–H and O–H groups in total. The highest BCUT2D eigenvalue weighted by atomic mass is 16.5. The van der Waals surface area contributed by atoms with Crippen molar-refractivity contribution in [3.63, 3.8) is 0 Å². The third-order valence-corrected chi connectivity index (χ3v) is 2.75. The Morgan fingerprint density at radius 3 is 2.72 bits per heavy atom. The van der Waals surface area contributed by atoms with Gasteiger partial charge in [-0.1, -0.05) is 27.7 Å². The van der Waals surface area contributed by atoms with E-state index in [0.29, 0.717) is 6.10 Å². The number of likely N-dealkylation sites (N-methyl/N-ethyl adjacent to an activating group) is 1. The third-order valence-electron chi connectivity index (χ3n) is 2.75. The summed E-state index contributed by atoms with van der Waals surface area (Å²) < 4.78 is 11.2. The fraction of sp³-hybridized carbons (Fsp3) is 1.00. The quantitative estimate of drug-likeness (QED) is 0.674. The summed E-state index contributed by atoms with van der Waals surface area (Å²) in [4.78, 5) is 2.43. The molecule has 4 nitrogen and oxygen atoms in total. The zero-order valence-corrected chi connectivity index (χ0v) is 12.7. The first-order valence-electron chi connectivity index (χ1n) is 7.49. The van der Waals surface area contributed by atoms with E-state index in [1.54, 1.807) is 0 Å². The van der Waals surface area contributed by atoms with Gasteiger partial charge in [0.15, 0.2) is 0 Å². The van der Waals surface area contributed by atoms with Gasteiger partial charge in [0.25, 0.3) is 0 Å². The molecule has 1 saturated heterocycles. The van der Waals surface area contributed by atoms with E-state index in [1.807, 2.05) is 13.8 Å². The fourth-order valence-corrected chi connectivity index (χ4v) is 1.85. The minimum absolute atomic E-state index is 0.347. The Morgan fingerprint density at radius 2 is 2.06 bits per heavy atom. The Bertz CT molecular complexity index is 168. The van der Waals surface area contributed by atoms with Crippen LogP contribution < -0.4 is 5.32 Å². The van der Waals surface area contributed by atoms with Gasteiger partial charge in [-0.05, 0) is 13.0 Å². The molecule has 1 aliphatic heterocycles. The molecule has 0 saturated carbocycles. The molecule has 1 fully saturated rings. The molecule has 0 bridgehead atoms. The van der Waals surface area contributed by atoms with E-state index in [1.165, 1.54) is 0 Å². The van der Waals surface area contributed by atoms with Crippen molar-refractivity contribution in [2.45, 2.75) is 40.2 Å². The molecule has 1 rings (SSSR count). The maximum atomic E-state index is 5.69. The predicted molar refractivity (Wildman–Crippen MR) is 77.2 cm³/mol. The van der Waals surface area contributed by atoms with Crippen LogP contribution in [0.5, 0.6) is 0 Å². The lowest BCUT2D eigenvalue weighted by Gasteiger charge is -2.32. The summed E-state index contributed by atoms with van der Waals surface area (Å²) in [7, 11) is 0. The fourth-order valence-electron chi connectivity index (χ4n) is 1.85. The number of hydrogen-bond donors (Lipinski definition) is 1. The summed E-state index contributed by atoms with van der Waals surface area (Å²) in [6.07, 6.45) is 1.45. The Balaban J connectivity index is 0.00000137. The molecule has 4 heteroatoms. The summed E-state index contributed by atoms with van der Waals surface area (Å²) in [6, 6.07) is 0. The van der Waals surface area contributed by atoms with E-state index < -0.39 is 0 Å². The van der Waals surface area contributed by atoms with Gasteiger partial charge >= 0.3 is 0 Å². The van der Waals surface area contributed by atoms with Gasteiger partial charge in [0.1, 0.15) is 0 Å². The van der Waals surface area contributed by atoms with Gasteiger partial charge in [0.2, 0.25) is 0 Å². The predicted octanol–water partition coefficient (Wildman–Crippen LogP) is 1.75. The number of nitrogens with one attached hydrogen (secondary N) is 1. The standard InChI is InChI=1S/C12H26N2O2.C2H6/c1-3-7-15-8-5-14-6-9-16-12(11-14)10-13-4-2;1-2/h12-13H,3-11H2,1-2H3;1-2H3. The van der Waals surface area contributed by atoms with E-state index in [2.05, 4.69) is 24.1 Å². The number of rotatable bonds is 8. The van der Waals surface area contributed by atoms with Gasteiger partial charge in [0.05, 0.1) is 19.3 Å². The first kappa shape index (κ1) is 17.8. The summed E-state index contributed by atoms with van der Waals surface area (Å²) in [5, 5.41) is 3.33. The Hall–Kier alpha value is -0.160. The molecule has 1 atom stereocenters. The van der Waals surface area contributed by atoms with Crippen LogP contribution in [-0.2, 0) is 9.47 Å². The van der Waals surface area contributed by atoms with Crippen LogP contribution in [0, 0.1) is 0 Å². The van der Waals surface area contributed by atoms with Gasteiger partial charge in [-0.25, -0.2) is 0 Å². The molecule has 0 radical (unpaired) electrons. The van der Waals surface area contributed by atoms with Gasteiger partial charge in [-0.3, -0.25) is 4.90 Å². The van der Waals surface area contributed by atoms with E-state index in [-0.39, 0.29) is 0 Å². The molecule has 1 unspecified atom stereocenters. The van der Waals surface area contributed by atoms with Crippen LogP contribution in [0.3, 0.4) is 0 Å². The third kappa shape index (κ3) is 8.86. The van der Waals surface area contributed by atoms with Gasteiger partial charge in [0, 0.05) is 32.8 Å². The van der Waals surface area contributed by atoms with Crippen molar-refractivity contribution in [2.24, 2.45) is 0 Å². The Labute approximate surface area is 113 Å². The van der Waals surface area contributed by atoms with Crippen LogP contribution in [0.25, 0.3) is 0 Å². The molecule has 0 aromatic rings. The monoisotopic (exact) mass is 260 g/mol.